The minimum Gasteiger partial charge on any atom is -0.481 e. The molecular formula is C12H16N4O3. The Kier molecular flexibility index (Phi) is 3.96. The van der Waals surface area contributed by atoms with Crippen LogP contribution in [0.15, 0.2) is 18.6 Å². The lowest BCUT2D eigenvalue weighted by Gasteiger charge is -2.14. The third-order valence-electron chi connectivity index (χ3n) is 2.88. The van der Waals surface area contributed by atoms with Gasteiger partial charge in [0.25, 0.3) is 0 Å². The van der Waals surface area contributed by atoms with Gasteiger partial charge in [-0.05, 0) is 6.07 Å². The van der Waals surface area contributed by atoms with E-state index in [0.717, 1.165) is 11.0 Å². The van der Waals surface area contributed by atoms with Crippen molar-refractivity contribution in [2.75, 3.05) is 19.0 Å². The third-order valence-corrected chi connectivity index (χ3v) is 2.88. The zero-order chi connectivity index (χ0) is 13.8. The molecule has 0 radical (unpaired) electrons. The Labute approximate surface area is 110 Å². The zero-order valence-corrected chi connectivity index (χ0v) is 10.8. The molecule has 7 heteroatoms. The molecule has 0 saturated carbocycles. The van der Waals surface area contributed by atoms with Crippen LogP contribution >= 0.6 is 0 Å². The van der Waals surface area contributed by atoms with Crippen molar-refractivity contribution in [3.63, 3.8) is 0 Å². The lowest BCUT2D eigenvalue weighted by atomic mass is 10.2. The van der Waals surface area contributed by atoms with E-state index in [1.807, 2.05) is 17.7 Å². The molecule has 0 aliphatic heterocycles. The van der Waals surface area contributed by atoms with Crippen LogP contribution in [0.25, 0.3) is 11.0 Å². The molecule has 2 aromatic heterocycles. The first-order chi connectivity index (χ1) is 9.11. The number of aromatic nitrogens is 3. The Morgan fingerprint density at radius 3 is 3.05 bits per heavy atom. The number of rotatable bonds is 6. The van der Waals surface area contributed by atoms with Crippen molar-refractivity contribution in [3.05, 3.63) is 18.6 Å². The quantitative estimate of drug-likeness (QED) is 0.804. The summed E-state index contributed by atoms with van der Waals surface area (Å²) in [6, 6.07) is 1.87. The van der Waals surface area contributed by atoms with Gasteiger partial charge in [-0.25, -0.2) is 9.97 Å². The Bertz CT molecular complexity index is 581. The molecule has 0 saturated heterocycles. The number of hydrogen-bond acceptors (Lipinski definition) is 5. The number of hydrogen-bond donors (Lipinski definition) is 2. The van der Waals surface area contributed by atoms with Gasteiger partial charge in [-0.2, -0.15) is 0 Å². The van der Waals surface area contributed by atoms with E-state index in [4.69, 9.17) is 9.84 Å². The monoisotopic (exact) mass is 264 g/mol. The first kappa shape index (κ1) is 13.3. The summed E-state index contributed by atoms with van der Waals surface area (Å²) in [4.78, 5) is 19.1. The Morgan fingerprint density at radius 1 is 1.58 bits per heavy atom. The van der Waals surface area contributed by atoms with Gasteiger partial charge in [0.2, 0.25) is 0 Å². The maximum atomic E-state index is 10.7. The van der Waals surface area contributed by atoms with E-state index in [1.165, 1.54) is 7.11 Å². The van der Waals surface area contributed by atoms with Crippen molar-refractivity contribution in [1.82, 2.24) is 14.5 Å². The molecule has 0 aliphatic rings. The molecular weight excluding hydrogens is 248 g/mol. The average molecular weight is 264 g/mol. The minimum absolute atomic E-state index is 0.0539. The maximum absolute atomic E-state index is 10.7. The number of fused-ring (bicyclic) bond motifs is 1. The van der Waals surface area contributed by atoms with Crippen LogP contribution in [0, 0.1) is 0 Å². The number of aliphatic carboxylic acids is 1. The van der Waals surface area contributed by atoms with Gasteiger partial charge in [-0.3, -0.25) is 4.79 Å². The van der Waals surface area contributed by atoms with E-state index in [2.05, 4.69) is 15.3 Å². The lowest BCUT2D eigenvalue weighted by Crippen LogP contribution is -2.25. The zero-order valence-electron chi connectivity index (χ0n) is 10.8. The van der Waals surface area contributed by atoms with E-state index in [9.17, 15) is 4.79 Å². The average Bonchev–Trinajstić information content (AvgIpc) is 2.77. The van der Waals surface area contributed by atoms with Crippen LogP contribution in [0.2, 0.25) is 0 Å². The van der Waals surface area contributed by atoms with Crippen molar-refractivity contribution >= 4 is 22.8 Å². The second kappa shape index (κ2) is 5.66. The summed E-state index contributed by atoms with van der Waals surface area (Å²) >= 11 is 0. The van der Waals surface area contributed by atoms with Gasteiger partial charge in [0.1, 0.15) is 5.52 Å². The number of pyridine rings is 1. The summed E-state index contributed by atoms with van der Waals surface area (Å²) in [5.41, 5.74) is 1.72. The largest absolute Gasteiger partial charge is 0.481 e. The van der Waals surface area contributed by atoms with E-state index in [1.54, 1.807) is 12.5 Å². The van der Waals surface area contributed by atoms with Crippen LogP contribution in [0.4, 0.5) is 5.82 Å². The lowest BCUT2D eigenvalue weighted by molar-refractivity contribution is -0.139. The number of imidazole rings is 1. The number of nitrogens with zero attached hydrogens (tertiary/aromatic N) is 3. The number of ether oxygens (including phenoxy) is 1. The normalized spacial score (nSPS) is 12.5. The van der Waals surface area contributed by atoms with Crippen LogP contribution in [0.5, 0.6) is 0 Å². The second-order valence-electron chi connectivity index (χ2n) is 4.22. The summed E-state index contributed by atoms with van der Waals surface area (Å²) < 4.78 is 7.00. The third kappa shape index (κ3) is 3.00. The van der Waals surface area contributed by atoms with Crippen molar-refractivity contribution in [1.29, 1.82) is 0 Å². The topological polar surface area (TPSA) is 89.3 Å². The summed E-state index contributed by atoms with van der Waals surface area (Å²) in [6.07, 6.45) is 2.94. The summed E-state index contributed by atoms with van der Waals surface area (Å²) in [7, 11) is 3.39. The molecule has 0 spiro atoms. The molecule has 0 bridgehead atoms. The van der Waals surface area contributed by atoms with Gasteiger partial charge in [-0.1, -0.05) is 0 Å². The number of nitrogens with one attached hydrogen (secondary N) is 1. The number of methoxy groups -OCH3 is 1. The Hall–Kier alpha value is -2.15. The van der Waals surface area contributed by atoms with Crippen molar-refractivity contribution < 1.29 is 14.6 Å². The Balaban J connectivity index is 2.11. The standard InChI is InChI=1S/C12H16N4O3/c1-16-7-15-11-9(16)3-4-13-12(11)14-6-8(19-2)5-10(17)18/h3-4,7-8H,5-6H2,1-2H3,(H,13,14)(H,17,18). The van der Waals surface area contributed by atoms with Gasteiger partial charge in [-0.15, -0.1) is 0 Å². The fourth-order valence-electron chi connectivity index (χ4n) is 1.84. The van der Waals surface area contributed by atoms with Crippen molar-refractivity contribution in [2.45, 2.75) is 12.5 Å². The summed E-state index contributed by atoms with van der Waals surface area (Å²) in [6.45, 7) is 0.367. The highest BCUT2D eigenvalue weighted by Gasteiger charge is 2.13. The van der Waals surface area contributed by atoms with Crippen LogP contribution in [0.1, 0.15) is 6.42 Å². The fraction of sp³-hybridized carbons (Fsp3) is 0.417. The van der Waals surface area contributed by atoms with E-state index in [-0.39, 0.29) is 6.42 Å². The van der Waals surface area contributed by atoms with E-state index < -0.39 is 12.1 Å². The summed E-state index contributed by atoms with van der Waals surface area (Å²) in [5.74, 6) is -0.261. The first-order valence-corrected chi connectivity index (χ1v) is 5.86. The predicted molar refractivity (Wildman–Crippen MR) is 70.0 cm³/mol. The van der Waals surface area contributed by atoms with Crippen molar-refractivity contribution in [3.8, 4) is 0 Å². The molecule has 2 rings (SSSR count). The molecule has 0 amide bonds. The highest BCUT2D eigenvalue weighted by molar-refractivity contribution is 5.85. The minimum atomic E-state index is -0.891. The van der Waals surface area contributed by atoms with Crippen LogP contribution in [-0.2, 0) is 16.6 Å². The predicted octanol–water partition coefficient (Wildman–Crippen LogP) is 0.870. The molecule has 2 N–H and O–H groups in total. The van der Waals surface area contributed by atoms with E-state index in [0.29, 0.717) is 12.4 Å². The van der Waals surface area contributed by atoms with Gasteiger partial charge < -0.3 is 19.7 Å². The van der Waals surface area contributed by atoms with Crippen LogP contribution < -0.4 is 5.32 Å². The number of carboxylic acids is 1. The van der Waals surface area contributed by atoms with E-state index >= 15 is 0 Å². The van der Waals surface area contributed by atoms with Crippen LogP contribution in [0.3, 0.4) is 0 Å². The molecule has 1 atom stereocenters. The first-order valence-electron chi connectivity index (χ1n) is 5.86. The number of aryl methyl sites for hydroxylation is 1. The van der Waals surface area contributed by atoms with Gasteiger partial charge in [0.15, 0.2) is 5.82 Å². The van der Waals surface area contributed by atoms with Crippen LogP contribution in [-0.4, -0.2) is 45.4 Å². The highest BCUT2D eigenvalue weighted by Crippen LogP contribution is 2.18. The number of carboxylic acid groups (broad SMARTS) is 1. The van der Waals surface area contributed by atoms with Gasteiger partial charge in [0.05, 0.1) is 24.4 Å². The molecule has 7 nitrogen and oxygen atoms in total. The van der Waals surface area contributed by atoms with Gasteiger partial charge in [0, 0.05) is 26.9 Å². The number of carbonyl (C=O) groups is 1. The highest BCUT2D eigenvalue weighted by atomic mass is 16.5. The van der Waals surface area contributed by atoms with Gasteiger partial charge >= 0.3 is 5.97 Å². The fourth-order valence-corrected chi connectivity index (χ4v) is 1.84. The Morgan fingerprint density at radius 2 is 2.37 bits per heavy atom. The summed E-state index contributed by atoms with van der Waals surface area (Å²) in [5, 5.41) is 11.8. The second-order valence-corrected chi connectivity index (χ2v) is 4.22. The smallest absolute Gasteiger partial charge is 0.306 e. The molecule has 0 aliphatic carbocycles. The molecule has 1 unspecified atom stereocenters. The maximum Gasteiger partial charge on any atom is 0.306 e. The van der Waals surface area contributed by atoms with Crippen molar-refractivity contribution in [2.24, 2.45) is 7.05 Å². The molecule has 102 valence electrons. The molecule has 2 heterocycles. The molecule has 19 heavy (non-hydrogen) atoms. The molecule has 2 aromatic rings. The number of anilines is 1. The molecule has 0 fully saturated rings. The SMILES string of the molecule is COC(CNc1nccc2c1ncn2C)CC(=O)O. The molecule has 0 aromatic carbocycles.